The maximum absolute atomic E-state index is 3.62. The van der Waals surface area contributed by atoms with Crippen LogP contribution in [0.2, 0.25) is 0 Å². The molecule has 0 N–H and O–H groups in total. The van der Waals surface area contributed by atoms with E-state index in [-0.39, 0.29) is 7.43 Å². The summed E-state index contributed by atoms with van der Waals surface area (Å²) in [5, 5.41) is 0. The van der Waals surface area contributed by atoms with Crippen LogP contribution in [0.5, 0.6) is 0 Å². The van der Waals surface area contributed by atoms with E-state index < -0.39 is 0 Å². The molecule has 0 aromatic carbocycles. The Bertz CT molecular complexity index is 53.0. The van der Waals surface area contributed by atoms with Crippen LogP contribution in [0.4, 0.5) is 0 Å². The molecule has 0 aliphatic heterocycles. The predicted molar refractivity (Wildman–Crippen MR) is 47.1 cm³/mol. The first-order valence-electron chi connectivity index (χ1n) is 3.43. The van der Waals surface area contributed by atoms with Gasteiger partial charge in [-0.3, -0.25) is 0 Å². The molecule has 1 fully saturated rings. The molecule has 1 aliphatic rings. The van der Waals surface area contributed by atoms with Gasteiger partial charge in [0.25, 0.3) is 0 Å². The van der Waals surface area contributed by atoms with Crippen molar-refractivity contribution in [2.75, 3.05) is 0 Å². The Labute approximate surface area is 67.2 Å². The summed E-state index contributed by atoms with van der Waals surface area (Å²) in [4.78, 5) is 0.832. The number of rotatable bonds is 0. The van der Waals surface area contributed by atoms with Gasteiger partial charge in [0.1, 0.15) is 0 Å². The second-order valence-corrected chi connectivity index (χ2v) is 4.15. The third-order valence-corrected chi connectivity index (χ3v) is 2.86. The summed E-state index contributed by atoms with van der Waals surface area (Å²) in [6.45, 7) is 2.35. The number of alkyl halides is 1. The van der Waals surface area contributed by atoms with E-state index in [1.54, 1.807) is 0 Å². The summed E-state index contributed by atoms with van der Waals surface area (Å²) in [7, 11) is 0. The average Bonchev–Trinajstić information content (AvgIpc) is 1.77. The molecule has 1 aliphatic carbocycles. The highest BCUT2D eigenvalue weighted by molar-refractivity contribution is 9.09. The van der Waals surface area contributed by atoms with Gasteiger partial charge in [-0.1, -0.05) is 30.3 Å². The standard InChI is InChI=1S/C7H13Br.CH4/c1-6-2-4-7(8)5-3-6;/h6-7H,2-5H2,1H3;1H4. The van der Waals surface area contributed by atoms with Crippen molar-refractivity contribution < 1.29 is 0 Å². The highest BCUT2D eigenvalue weighted by Gasteiger charge is 2.14. The molecule has 0 spiro atoms. The van der Waals surface area contributed by atoms with E-state index in [1.165, 1.54) is 25.7 Å². The van der Waals surface area contributed by atoms with E-state index >= 15 is 0 Å². The fourth-order valence-electron chi connectivity index (χ4n) is 1.22. The van der Waals surface area contributed by atoms with Gasteiger partial charge in [-0.05, 0) is 31.6 Å². The molecule has 0 aromatic rings. The second-order valence-electron chi connectivity index (χ2n) is 2.86. The lowest BCUT2D eigenvalue weighted by atomic mass is 9.91. The van der Waals surface area contributed by atoms with Crippen molar-refractivity contribution in [2.24, 2.45) is 5.92 Å². The normalized spacial score (nSPS) is 35.3. The van der Waals surface area contributed by atoms with Crippen molar-refractivity contribution in [2.45, 2.75) is 44.9 Å². The topological polar surface area (TPSA) is 0 Å². The van der Waals surface area contributed by atoms with Crippen LogP contribution in [0.25, 0.3) is 0 Å². The van der Waals surface area contributed by atoms with E-state index in [2.05, 4.69) is 22.9 Å². The molecular weight excluding hydrogens is 176 g/mol. The minimum Gasteiger partial charge on any atom is -0.0891 e. The molecule has 1 rings (SSSR count). The molecule has 0 atom stereocenters. The van der Waals surface area contributed by atoms with Crippen LogP contribution in [-0.4, -0.2) is 4.83 Å². The largest absolute Gasteiger partial charge is 0.0891 e. The zero-order valence-electron chi connectivity index (χ0n) is 5.36. The van der Waals surface area contributed by atoms with Crippen molar-refractivity contribution in [3.8, 4) is 0 Å². The van der Waals surface area contributed by atoms with E-state index in [0.717, 1.165) is 10.7 Å². The minimum atomic E-state index is 0. The summed E-state index contributed by atoms with van der Waals surface area (Å²) in [6, 6.07) is 0. The van der Waals surface area contributed by atoms with Gasteiger partial charge in [0.05, 0.1) is 0 Å². The molecule has 0 nitrogen and oxygen atoms in total. The van der Waals surface area contributed by atoms with Gasteiger partial charge >= 0.3 is 0 Å². The molecule has 0 saturated heterocycles. The third-order valence-electron chi connectivity index (χ3n) is 1.95. The first kappa shape index (κ1) is 9.48. The zero-order chi connectivity index (χ0) is 5.98. The Morgan fingerprint density at radius 2 is 1.56 bits per heavy atom. The minimum absolute atomic E-state index is 0. The molecular formula is C8H17Br. The van der Waals surface area contributed by atoms with Crippen LogP contribution in [0.3, 0.4) is 0 Å². The molecule has 9 heavy (non-hydrogen) atoms. The smallest absolute Gasteiger partial charge is 0.0146 e. The lowest BCUT2D eigenvalue weighted by molar-refractivity contribution is 0.396. The fraction of sp³-hybridized carbons (Fsp3) is 1.00. The Balaban J connectivity index is 0.000000640. The first-order chi connectivity index (χ1) is 3.79. The fourth-order valence-corrected chi connectivity index (χ4v) is 1.75. The zero-order valence-corrected chi connectivity index (χ0v) is 6.95. The van der Waals surface area contributed by atoms with E-state index in [9.17, 15) is 0 Å². The lowest BCUT2D eigenvalue weighted by Gasteiger charge is -2.21. The molecule has 0 aromatic heterocycles. The van der Waals surface area contributed by atoms with Gasteiger partial charge in [0.15, 0.2) is 0 Å². The van der Waals surface area contributed by atoms with Crippen LogP contribution in [0.1, 0.15) is 40.0 Å². The van der Waals surface area contributed by atoms with Crippen LogP contribution >= 0.6 is 15.9 Å². The molecule has 0 heterocycles. The van der Waals surface area contributed by atoms with Gasteiger partial charge < -0.3 is 0 Å². The van der Waals surface area contributed by atoms with Crippen molar-refractivity contribution in [1.29, 1.82) is 0 Å². The van der Waals surface area contributed by atoms with E-state index in [4.69, 9.17) is 0 Å². The van der Waals surface area contributed by atoms with Crippen LogP contribution in [0, 0.1) is 5.92 Å². The van der Waals surface area contributed by atoms with Crippen LogP contribution in [0.15, 0.2) is 0 Å². The van der Waals surface area contributed by atoms with Gasteiger partial charge in [-0.15, -0.1) is 0 Å². The van der Waals surface area contributed by atoms with Crippen molar-refractivity contribution in [1.82, 2.24) is 0 Å². The maximum atomic E-state index is 3.62. The molecule has 1 saturated carbocycles. The Hall–Kier alpha value is 0.480. The predicted octanol–water partition coefficient (Wildman–Crippen LogP) is 3.60. The molecule has 0 unspecified atom stereocenters. The molecule has 0 bridgehead atoms. The first-order valence-corrected chi connectivity index (χ1v) is 4.34. The average molecular weight is 193 g/mol. The maximum Gasteiger partial charge on any atom is 0.0146 e. The SMILES string of the molecule is C.CC1CCC(Br)CC1. The Morgan fingerprint density at radius 1 is 1.11 bits per heavy atom. The number of hydrogen-bond donors (Lipinski definition) is 0. The summed E-state index contributed by atoms with van der Waals surface area (Å²) in [5.74, 6) is 0.990. The molecule has 0 radical (unpaired) electrons. The van der Waals surface area contributed by atoms with Gasteiger partial charge in [-0.2, -0.15) is 0 Å². The summed E-state index contributed by atoms with van der Waals surface area (Å²) >= 11 is 3.62. The highest BCUT2D eigenvalue weighted by Crippen LogP contribution is 2.27. The Kier molecular flexibility index (Phi) is 4.55. The number of hydrogen-bond acceptors (Lipinski definition) is 0. The lowest BCUT2D eigenvalue weighted by Crippen LogP contribution is -2.10. The van der Waals surface area contributed by atoms with E-state index in [0.29, 0.717) is 0 Å². The van der Waals surface area contributed by atoms with Crippen LogP contribution < -0.4 is 0 Å². The van der Waals surface area contributed by atoms with Crippen LogP contribution in [-0.2, 0) is 0 Å². The third kappa shape index (κ3) is 3.24. The molecule has 1 heteroatoms. The summed E-state index contributed by atoms with van der Waals surface area (Å²) in [5.41, 5.74) is 0. The summed E-state index contributed by atoms with van der Waals surface area (Å²) in [6.07, 6.45) is 5.63. The van der Waals surface area contributed by atoms with Gasteiger partial charge in [0, 0.05) is 4.83 Å². The summed E-state index contributed by atoms with van der Waals surface area (Å²) < 4.78 is 0. The number of halogens is 1. The molecule has 0 amide bonds. The van der Waals surface area contributed by atoms with Gasteiger partial charge in [0.2, 0.25) is 0 Å². The second kappa shape index (κ2) is 4.32. The molecule has 56 valence electrons. The highest BCUT2D eigenvalue weighted by atomic mass is 79.9. The van der Waals surface area contributed by atoms with Gasteiger partial charge in [-0.25, -0.2) is 0 Å². The quantitative estimate of drug-likeness (QED) is 0.515. The van der Waals surface area contributed by atoms with Crippen molar-refractivity contribution >= 4 is 15.9 Å². The monoisotopic (exact) mass is 192 g/mol. The Morgan fingerprint density at radius 3 is 1.89 bits per heavy atom. The van der Waals surface area contributed by atoms with Crippen molar-refractivity contribution in [3.63, 3.8) is 0 Å². The van der Waals surface area contributed by atoms with E-state index in [1.807, 2.05) is 0 Å². The van der Waals surface area contributed by atoms with Crippen molar-refractivity contribution in [3.05, 3.63) is 0 Å².